The predicted molar refractivity (Wildman–Crippen MR) is 104 cm³/mol. The second-order valence-corrected chi connectivity index (χ2v) is 7.42. The van der Waals surface area contributed by atoms with Gasteiger partial charge in [0.2, 0.25) is 5.91 Å². The second kappa shape index (κ2) is 8.59. The molecule has 1 aliphatic heterocycles. The predicted octanol–water partition coefficient (Wildman–Crippen LogP) is 4.95. The highest BCUT2D eigenvalue weighted by molar-refractivity contribution is 7.99. The number of nitrogens with zero attached hydrogens (tertiary/aromatic N) is 1. The zero-order chi connectivity index (χ0) is 17.6. The van der Waals surface area contributed by atoms with E-state index in [-0.39, 0.29) is 17.5 Å². The van der Waals surface area contributed by atoms with Crippen LogP contribution in [0.5, 0.6) is 0 Å². The number of anilines is 2. The van der Waals surface area contributed by atoms with E-state index in [1.165, 1.54) is 17.8 Å². The van der Waals surface area contributed by atoms with Gasteiger partial charge in [-0.1, -0.05) is 29.8 Å². The van der Waals surface area contributed by atoms with Gasteiger partial charge in [-0.05, 0) is 42.7 Å². The van der Waals surface area contributed by atoms with Crippen molar-refractivity contribution in [2.24, 2.45) is 0 Å². The lowest BCUT2D eigenvalue weighted by molar-refractivity contribution is -0.113. The smallest absolute Gasteiger partial charge is 0.234 e. The molecule has 2 aromatic rings. The van der Waals surface area contributed by atoms with E-state index in [0.717, 1.165) is 37.2 Å². The molecule has 0 aliphatic carbocycles. The van der Waals surface area contributed by atoms with Gasteiger partial charge in [-0.15, -0.1) is 11.8 Å². The maximum atomic E-state index is 14.2. The van der Waals surface area contributed by atoms with E-state index in [2.05, 4.69) is 10.2 Å². The average molecular weight is 379 g/mol. The number of amides is 1. The molecule has 1 fully saturated rings. The first-order valence-corrected chi connectivity index (χ1v) is 9.82. The van der Waals surface area contributed by atoms with E-state index in [4.69, 9.17) is 11.6 Å². The maximum absolute atomic E-state index is 14.2. The molecule has 0 aromatic heterocycles. The van der Waals surface area contributed by atoms with Gasteiger partial charge in [0.05, 0.1) is 11.4 Å². The van der Waals surface area contributed by atoms with Crippen LogP contribution in [0.1, 0.15) is 18.4 Å². The lowest BCUT2D eigenvalue weighted by Crippen LogP contribution is -2.22. The van der Waals surface area contributed by atoms with Crippen LogP contribution in [0.3, 0.4) is 0 Å². The highest BCUT2D eigenvalue weighted by atomic mass is 35.5. The summed E-state index contributed by atoms with van der Waals surface area (Å²) < 4.78 is 14.2. The summed E-state index contributed by atoms with van der Waals surface area (Å²) in [5.41, 5.74) is 2.17. The number of halogens is 2. The Morgan fingerprint density at radius 3 is 2.60 bits per heavy atom. The molecular weight excluding hydrogens is 359 g/mol. The number of nitrogens with one attached hydrogen (secondary N) is 1. The molecule has 1 saturated heterocycles. The van der Waals surface area contributed by atoms with Gasteiger partial charge in [0.15, 0.2) is 0 Å². The highest BCUT2D eigenvalue weighted by Gasteiger charge is 2.19. The molecule has 1 heterocycles. The van der Waals surface area contributed by atoms with E-state index in [1.807, 2.05) is 30.3 Å². The summed E-state index contributed by atoms with van der Waals surface area (Å²) in [5, 5.41) is 3.45. The number of rotatable bonds is 6. The van der Waals surface area contributed by atoms with E-state index in [9.17, 15) is 9.18 Å². The monoisotopic (exact) mass is 378 g/mol. The van der Waals surface area contributed by atoms with Crippen LogP contribution in [0.25, 0.3) is 0 Å². The van der Waals surface area contributed by atoms with E-state index < -0.39 is 0 Å². The van der Waals surface area contributed by atoms with Crippen molar-refractivity contribution < 1.29 is 9.18 Å². The Balaban J connectivity index is 1.58. The Bertz CT molecular complexity index is 733. The summed E-state index contributed by atoms with van der Waals surface area (Å²) in [4.78, 5) is 14.4. The van der Waals surface area contributed by atoms with Crippen LogP contribution in [0.4, 0.5) is 15.8 Å². The molecular formula is C19H20ClFN2OS. The van der Waals surface area contributed by atoms with Crippen molar-refractivity contribution in [2.45, 2.75) is 18.6 Å². The molecule has 1 aliphatic rings. The Morgan fingerprint density at radius 2 is 1.88 bits per heavy atom. The molecule has 0 saturated carbocycles. The quantitative estimate of drug-likeness (QED) is 0.771. The van der Waals surface area contributed by atoms with Crippen LogP contribution in [0.15, 0.2) is 42.5 Å². The van der Waals surface area contributed by atoms with Crippen molar-refractivity contribution in [3.05, 3.63) is 58.9 Å². The third-order valence-corrected chi connectivity index (χ3v) is 5.37. The lowest BCUT2D eigenvalue weighted by atomic mass is 10.2. The molecule has 0 atom stereocenters. The third kappa shape index (κ3) is 4.89. The van der Waals surface area contributed by atoms with Crippen molar-refractivity contribution in [2.75, 3.05) is 29.1 Å². The van der Waals surface area contributed by atoms with Gasteiger partial charge in [-0.3, -0.25) is 4.79 Å². The minimum Gasteiger partial charge on any atom is -0.370 e. The lowest BCUT2D eigenvalue weighted by Gasteiger charge is -2.22. The Morgan fingerprint density at radius 1 is 1.16 bits per heavy atom. The van der Waals surface area contributed by atoms with Gasteiger partial charge in [-0.25, -0.2) is 4.39 Å². The SMILES string of the molecule is O=C(CSCc1ccc(Cl)cc1)Nc1c(F)cccc1N1CCCC1. The first-order chi connectivity index (χ1) is 12.1. The summed E-state index contributed by atoms with van der Waals surface area (Å²) in [6.07, 6.45) is 2.20. The van der Waals surface area contributed by atoms with E-state index in [1.54, 1.807) is 6.07 Å². The van der Waals surface area contributed by atoms with Gasteiger partial charge in [0.25, 0.3) is 0 Å². The molecule has 1 N–H and O–H groups in total. The first-order valence-electron chi connectivity index (χ1n) is 8.29. The van der Waals surface area contributed by atoms with Gasteiger partial charge in [0.1, 0.15) is 11.5 Å². The van der Waals surface area contributed by atoms with Gasteiger partial charge >= 0.3 is 0 Å². The average Bonchev–Trinajstić information content (AvgIpc) is 3.13. The summed E-state index contributed by atoms with van der Waals surface area (Å²) in [5.74, 6) is 0.405. The summed E-state index contributed by atoms with van der Waals surface area (Å²) in [7, 11) is 0. The van der Waals surface area contributed by atoms with Crippen molar-refractivity contribution >= 4 is 40.6 Å². The zero-order valence-corrected chi connectivity index (χ0v) is 15.4. The fraction of sp³-hybridized carbons (Fsp3) is 0.316. The fourth-order valence-corrected chi connectivity index (χ4v) is 3.79. The standard InChI is InChI=1S/C19H20ClFN2OS/c20-15-8-6-14(7-9-15)12-25-13-18(24)22-19-16(21)4-3-5-17(19)23-10-1-2-11-23/h3-9H,1-2,10-13H2,(H,22,24). The number of hydrogen-bond acceptors (Lipinski definition) is 3. The van der Waals surface area contributed by atoms with E-state index in [0.29, 0.717) is 16.5 Å². The number of hydrogen-bond donors (Lipinski definition) is 1. The molecule has 0 unspecified atom stereocenters. The summed E-state index contributed by atoms with van der Waals surface area (Å²) in [6.45, 7) is 1.80. The van der Waals surface area contributed by atoms with Crippen LogP contribution in [0, 0.1) is 5.82 Å². The van der Waals surface area contributed by atoms with Crippen molar-refractivity contribution in [1.29, 1.82) is 0 Å². The fourth-order valence-electron chi connectivity index (χ4n) is 2.88. The molecule has 6 heteroatoms. The molecule has 3 rings (SSSR count). The number of benzene rings is 2. The Kier molecular flexibility index (Phi) is 6.21. The van der Waals surface area contributed by atoms with Gasteiger partial charge in [0, 0.05) is 23.9 Å². The van der Waals surface area contributed by atoms with Crippen LogP contribution < -0.4 is 10.2 Å². The zero-order valence-electron chi connectivity index (χ0n) is 13.8. The normalized spacial score (nSPS) is 13.9. The number of carbonyl (C=O) groups is 1. The summed E-state index contributed by atoms with van der Waals surface area (Å²) in [6, 6.07) is 12.5. The summed E-state index contributed by atoms with van der Waals surface area (Å²) >= 11 is 7.35. The second-order valence-electron chi connectivity index (χ2n) is 6.00. The van der Waals surface area contributed by atoms with Crippen molar-refractivity contribution in [1.82, 2.24) is 0 Å². The van der Waals surface area contributed by atoms with Crippen LogP contribution in [-0.2, 0) is 10.5 Å². The molecule has 25 heavy (non-hydrogen) atoms. The largest absolute Gasteiger partial charge is 0.370 e. The Hall–Kier alpha value is -1.72. The third-order valence-electron chi connectivity index (χ3n) is 4.12. The number of para-hydroxylation sites is 1. The van der Waals surface area contributed by atoms with E-state index >= 15 is 0 Å². The molecule has 1 amide bonds. The highest BCUT2D eigenvalue weighted by Crippen LogP contribution is 2.31. The molecule has 0 bridgehead atoms. The number of carbonyl (C=O) groups excluding carboxylic acids is 1. The van der Waals surface area contributed by atoms with Crippen molar-refractivity contribution in [3.8, 4) is 0 Å². The van der Waals surface area contributed by atoms with Crippen molar-refractivity contribution in [3.63, 3.8) is 0 Å². The maximum Gasteiger partial charge on any atom is 0.234 e. The molecule has 2 aromatic carbocycles. The molecule has 3 nitrogen and oxygen atoms in total. The number of thioether (sulfide) groups is 1. The molecule has 0 radical (unpaired) electrons. The first kappa shape index (κ1) is 18.1. The minimum atomic E-state index is -0.388. The van der Waals surface area contributed by atoms with Gasteiger partial charge in [-0.2, -0.15) is 0 Å². The molecule has 132 valence electrons. The van der Waals surface area contributed by atoms with Crippen LogP contribution in [-0.4, -0.2) is 24.7 Å². The topological polar surface area (TPSA) is 32.3 Å². The van der Waals surface area contributed by atoms with Crippen LogP contribution in [0.2, 0.25) is 5.02 Å². The Labute approximate surface area is 156 Å². The minimum absolute atomic E-state index is 0.190. The van der Waals surface area contributed by atoms with Gasteiger partial charge < -0.3 is 10.2 Å². The molecule has 0 spiro atoms. The van der Waals surface area contributed by atoms with Crippen LogP contribution >= 0.6 is 23.4 Å².